The largest absolute Gasteiger partial charge is 0.460 e. The molecule has 0 heterocycles. The first-order chi connectivity index (χ1) is 9.78. The van der Waals surface area contributed by atoms with Crippen LogP contribution in [0.25, 0.3) is 10.8 Å². The van der Waals surface area contributed by atoms with Crippen molar-refractivity contribution in [2.24, 2.45) is 0 Å². The third-order valence-corrected chi connectivity index (χ3v) is 2.92. The Hall–Kier alpha value is -2.43. The van der Waals surface area contributed by atoms with E-state index in [1.807, 2.05) is 6.07 Å². The minimum atomic E-state index is -0.608. The van der Waals surface area contributed by atoms with Gasteiger partial charge in [0.25, 0.3) is 5.69 Å². The molecule has 2 rings (SSSR count). The number of esters is 1. The first kappa shape index (κ1) is 15.0. The van der Waals surface area contributed by atoms with Crippen molar-refractivity contribution < 1.29 is 14.5 Å². The Kier molecular flexibility index (Phi) is 3.93. The highest BCUT2D eigenvalue weighted by Crippen LogP contribution is 2.30. The number of hydrogen-bond acceptors (Lipinski definition) is 4. The highest BCUT2D eigenvalue weighted by molar-refractivity contribution is 5.93. The van der Waals surface area contributed by atoms with Gasteiger partial charge in [-0.1, -0.05) is 30.3 Å². The van der Waals surface area contributed by atoms with E-state index in [4.69, 9.17) is 4.74 Å². The molecule has 0 fully saturated rings. The molecule has 0 aromatic heterocycles. The maximum absolute atomic E-state index is 11.9. The molecule has 0 saturated heterocycles. The molecule has 0 spiro atoms. The van der Waals surface area contributed by atoms with Gasteiger partial charge in [-0.3, -0.25) is 14.9 Å². The highest BCUT2D eigenvalue weighted by Gasteiger charge is 2.23. The van der Waals surface area contributed by atoms with E-state index >= 15 is 0 Å². The summed E-state index contributed by atoms with van der Waals surface area (Å²) in [5.41, 5.74) is -0.269. The molecule has 21 heavy (non-hydrogen) atoms. The fourth-order valence-electron chi connectivity index (χ4n) is 2.19. The second-order valence-corrected chi connectivity index (χ2v) is 5.81. The normalized spacial score (nSPS) is 11.4. The molecule has 0 atom stereocenters. The van der Waals surface area contributed by atoms with E-state index in [2.05, 4.69) is 0 Å². The van der Waals surface area contributed by atoms with Crippen LogP contribution in [0.2, 0.25) is 0 Å². The van der Waals surface area contributed by atoms with E-state index in [9.17, 15) is 14.9 Å². The highest BCUT2D eigenvalue weighted by atomic mass is 16.6. The van der Waals surface area contributed by atoms with Crippen LogP contribution in [-0.4, -0.2) is 16.5 Å². The van der Waals surface area contributed by atoms with Gasteiger partial charge in [-0.05, 0) is 32.2 Å². The molecule has 2 aromatic rings. The van der Waals surface area contributed by atoms with Crippen LogP contribution in [-0.2, 0) is 16.0 Å². The quantitative estimate of drug-likeness (QED) is 0.491. The Balaban J connectivity index is 2.42. The summed E-state index contributed by atoms with van der Waals surface area (Å²) in [6.45, 7) is 5.29. The number of fused-ring (bicyclic) bond motifs is 1. The molecule has 0 N–H and O–H groups in total. The summed E-state index contributed by atoms with van der Waals surface area (Å²) in [4.78, 5) is 22.8. The molecule has 0 aliphatic heterocycles. The van der Waals surface area contributed by atoms with Gasteiger partial charge in [-0.2, -0.15) is 0 Å². The first-order valence-electron chi connectivity index (χ1n) is 6.65. The van der Waals surface area contributed by atoms with Gasteiger partial charge in [0.05, 0.1) is 16.7 Å². The lowest BCUT2D eigenvalue weighted by molar-refractivity contribution is -0.383. The number of nitro benzene ring substituents is 1. The van der Waals surface area contributed by atoms with Crippen molar-refractivity contribution in [2.45, 2.75) is 32.8 Å². The monoisotopic (exact) mass is 287 g/mol. The number of carbonyl (C=O) groups excluding carboxylic acids is 1. The molecule has 5 nitrogen and oxygen atoms in total. The SMILES string of the molecule is CC(C)(C)OC(=O)Cc1ccc2ccccc2c1[N+](=O)[O-]. The molecule has 0 aliphatic rings. The van der Waals surface area contributed by atoms with Gasteiger partial charge in [0.15, 0.2) is 0 Å². The Morgan fingerprint density at radius 3 is 2.48 bits per heavy atom. The van der Waals surface area contributed by atoms with Gasteiger partial charge in [0.1, 0.15) is 5.60 Å². The number of carbonyl (C=O) groups is 1. The van der Waals surface area contributed by atoms with Crippen LogP contribution in [0.4, 0.5) is 5.69 Å². The molecule has 0 unspecified atom stereocenters. The summed E-state index contributed by atoms with van der Waals surface area (Å²) < 4.78 is 5.23. The van der Waals surface area contributed by atoms with Crippen LogP contribution < -0.4 is 0 Å². The van der Waals surface area contributed by atoms with Gasteiger partial charge in [-0.25, -0.2) is 0 Å². The fraction of sp³-hybridized carbons (Fsp3) is 0.312. The molecule has 0 radical (unpaired) electrons. The molecule has 5 heteroatoms. The van der Waals surface area contributed by atoms with E-state index in [-0.39, 0.29) is 12.1 Å². The van der Waals surface area contributed by atoms with Crippen LogP contribution in [0.3, 0.4) is 0 Å². The molecule has 0 saturated carbocycles. The lowest BCUT2D eigenvalue weighted by Gasteiger charge is -2.19. The van der Waals surface area contributed by atoms with Gasteiger partial charge < -0.3 is 4.74 Å². The summed E-state index contributed by atoms with van der Waals surface area (Å²) in [5.74, 6) is -0.471. The van der Waals surface area contributed by atoms with Crippen molar-refractivity contribution in [1.29, 1.82) is 0 Å². The van der Waals surface area contributed by atoms with Crippen molar-refractivity contribution in [1.82, 2.24) is 0 Å². The number of nitrogens with zero attached hydrogens (tertiary/aromatic N) is 1. The summed E-state index contributed by atoms with van der Waals surface area (Å²) >= 11 is 0. The molecule has 110 valence electrons. The van der Waals surface area contributed by atoms with Crippen LogP contribution in [0.1, 0.15) is 26.3 Å². The zero-order valence-corrected chi connectivity index (χ0v) is 12.3. The second kappa shape index (κ2) is 5.52. The molecule has 0 amide bonds. The second-order valence-electron chi connectivity index (χ2n) is 5.81. The fourth-order valence-corrected chi connectivity index (χ4v) is 2.19. The van der Waals surface area contributed by atoms with Gasteiger partial charge in [0.2, 0.25) is 0 Å². The van der Waals surface area contributed by atoms with Crippen LogP contribution >= 0.6 is 0 Å². The van der Waals surface area contributed by atoms with Gasteiger partial charge in [0, 0.05) is 5.56 Å². The average Bonchev–Trinajstić information content (AvgIpc) is 2.35. The van der Waals surface area contributed by atoms with Gasteiger partial charge >= 0.3 is 5.97 Å². The average molecular weight is 287 g/mol. The van der Waals surface area contributed by atoms with Crippen molar-refractivity contribution >= 4 is 22.4 Å². The summed E-state index contributed by atoms with van der Waals surface area (Å²) in [7, 11) is 0. The van der Waals surface area contributed by atoms with Crippen molar-refractivity contribution in [3.63, 3.8) is 0 Å². The smallest absolute Gasteiger partial charge is 0.311 e. The van der Waals surface area contributed by atoms with E-state index in [0.717, 1.165) is 5.39 Å². The van der Waals surface area contributed by atoms with E-state index in [1.165, 1.54) is 0 Å². The van der Waals surface area contributed by atoms with E-state index < -0.39 is 16.5 Å². The third-order valence-electron chi connectivity index (χ3n) is 2.92. The van der Waals surface area contributed by atoms with Crippen molar-refractivity contribution in [2.75, 3.05) is 0 Å². The van der Waals surface area contributed by atoms with Crippen LogP contribution in [0, 0.1) is 10.1 Å². The lowest BCUT2D eigenvalue weighted by atomic mass is 10.0. The molecule has 2 aromatic carbocycles. The van der Waals surface area contributed by atoms with Gasteiger partial charge in [-0.15, -0.1) is 0 Å². The minimum absolute atomic E-state index is 0.0287. The Morgan fingerprint density at radius 1 is 1.19 bits per heavy atom. The summed E-state index contributed by atoms with van der Waals surface area (Å²) in [6, 6.07) is 10.4. The number of benzene rings is 2. The number of nitro groups is 1. The zero-order chi connectivity index (χ0) is 15.6. The maximum atomic E-state index is 11.9. The van der Waals surface area contributed by atoms with Crippen LogP contribution in [0.15, 0.2) is 36.4 Å². The third kappa shape index (κ3) is 3.56. The molecular formula is C16H17NO4. The molecule has 0 aliphatic carbocycles. The maximum Gasteiger partial charge on any atom is 0.311 e. The predicted molar refractivity (Wildman–Crippen MR) is 80.2 cm³/mol. The van der Waals surface area contributed by atoms with Crippen LogP contribution in [0.5, 0.6) is 0 Å². The van der Waals surface area contributed by atoms with E-state index in [0.29, 0.717) is 10.9 Å². The van der Waals surface area contributed by atoms with Crippen molar-refractivity contribution in [3.05, 3.63) is 52.1 Å². The lowest BCUT2D eigenvalue weighted by Crippen LogP contribution is -2.25. The Morgan fingerprint density at radius 2 is 1.86 bits per heavy atom. The summed E-state index contributed by atoms with van der Waals surface area (Å²) in [5, 5.41) is 12.7. The zero-order valence-electron chi connectivity index (χ0n) is 12.3. The Bertz CT molecular complexity index is 701. The Labute approximate surface area is 122 Å². The standard InChI is InChI=1S/C16H17NO4/c1-16(2,3)21-14(18)10-12-9-8-11-6-4-5-7-13(11)15(12)17(19)20/h4-9H,10H2,1-3H3. The number of hydrogen-bond donors (Lipinski definition) is 0. The molecule has 0 bridgehead atoms. The number of ether oxygens (including phenoxy) is 1. The molecular weight excluding hydrogens is 270 g/mol. The predicted octanol–water partition coefficient (Wildman–Crippen LogP) is 3.63. The summed E-state index contributed by atoms with van der Waals surface area (Å²) in [6.07, 6.45) is -0.113. The number of rotatable bonds is 3. The van der Waals surface area contributed by atoms with E-state index in [1.54, 1.807) is 51.1 Å². The minimum Gasteiger partial charge on any atom is -0.460 e. The van der Waals surface area contributed by atoms with Crippen molar-refractivity contribution in [3.8, 4) is 0 Å². The first-order valence-corrected chi connectivity index (χ1v) is 6.65. The topological polar surface area (TPSA) is 69.4 Å².